The highest BCUT2D eigenvalue weighted by molar-refractivity contribution is 5.91. The van der Waals surface area contributed by atoms with Crippen molar-refractivity contribution in [3.05, 3.63) is 24.3 Å². The molecule has 0 radical (unpaired) electrons. The van der Waals surface area contributed by atoms with Gasteiger partial charge in [0.2, 0.25) is 11.9 Å². The van der Waals surface area contributed by atoms with Crippen molar-refractivity contribution in [3.63, 3.8) is 0 Å². The molecule has 6 nitrogen and oxygen atoms in total. The maximum absolute atomic E-state index is 12.1. The van der Waals surface area contributed by atoms with E-state index in [-0.39, 0.29) is 11.9 Å². The fraction of sp³-hybridized carbons (Fsp3) is 0.529. The zero-order valence-electron chi connectivity index (χ0n) is 13.9. The Morgan fingerprint density at radius 1 is 1.43 bits per heavy atom. The topological polar surface area (TPSA) is 82.2 Å². The van der Waals surface area contributed by atoms with Crippen LogP contribution in [0, 0.1) is 0 Å². The lowest BCUT2D eigenvalue weighted by atomic mass is 10.2. The lowest BCUT2D eigenvalue weighted by Gasteiger charge is -2.11. The maximum Gasteiger partial charge on any atom is 0.226 e. The number of aryl methyl sites for hydroxylation is 1. The molecule has 126 valence electrons. The number of nitrogens with two attached hydrogens (primary N) is 1. The van der Waals surface area contributed by atoms with Gasteiger partial charge in [0.1, 0.15) is 0 Å². The molecular weight excluding hydrogens is 292 g/mol. The molecule has 23 heavy (non-hydrogen) atoms. The highest BCUT2D eigenvalue weighted by Crippen LogP contribution is 2.20. The van der Waals surface area contributed by atoms with Crippen LogP contribution in [0.25, 0.3) is 11.0 Å². The summed E-state index contributed by atoms with van der Waals surface area (Å²) in [4.78, 5) is 16.6. The van der Waals surface area contributed by atoms with Gasteiger partial charge in [-0.3, -0.25) is 10.1 Å². The van der Waals surface area contributed by atoms with Crippen LogP contribution in [0.2, 0.25) is 0 Å². The number of hydrogen-bond acceptors (Lipinski definition) is 4. The first-order valence-corrected chi connectivity index (χ1v) is 8.20. The number of nitrogens with one attached hydrogen (secondary N) is 1. The second-order valence-electron chi connectivity index (χ2n) is 5.69. The summed E-state index contributed by atoms with van der Waals surface area (Å²) in [6.45, 7) is 6.04. The normalized spacial score (nSPS) is 12.5. The van der Waals surface area contributed by atoms with Crippen LogP contribution < -0.4 is 11.1 Å². The fourth-order valence-corrected chi connectivity index (χ4v) is 2.41. The molecule has 6 heteroatoms. The van der Waals surface area contributed by atoms with Crippen molar-refractivity contribution in [1.29, 1.82) is 0 Å². The minimum absolute atomic E-state index is 0.0192. The van der Waals surface area contributed by atoms with E-state index < -0.39 is 0 Å². The molecule has 0 aliphatic carbocycles. The third kappa shape index (κ3) is 5.04. The van der Waals surface area contributed by atoms with Gasteiger partial charge in [0.15, 0.2) is 0 Å². The number of imidazole rings is 1. The average Bonchev–Trinajstić information content (AvgIpc) is 2.87. The van der Waals surface area contributed by atoms with Gasteiger partial charge in [-0.1, -0.05) is 12.1 Å². The van der Waals surface area contributed by atoms with Crippen molar-refractivity contribution in [2.75, 3.05) is 18.5 Å². The molecule has 1 heterocycles. The Labute approximate surface area is 137 Å². The van der Waals surface area contributed by atoms with Crippen molar-refractivity contribution in [1.82, 2.24) is 9.55 Å². The van der Waals surface area contributed by atoms with Crippen molar-refractivity contribution in [2.24, 2.45) is 5.73 Å². The summed E-state index contributed by atoms with van der Waals surface area (Å²) >= 11 is 0. The minimum Gasteiger partial charge on any atom is -0.382 e. The predicted molar refractivity (Wildman–Crippen MR) is 92.4 cm³/mol. The van der Waals surface area contributed by atoms with Crippen molar-refractivity contribution < 1.29 is 9.53 Å². The Bertz CT molecular complexity index is 637. The van der Waals surface area contributed by atoms with Gasteiger partial charge in [0.25, 0.3) is 0 Å². The van der Waals surface area contributed by atoms with E-state index in [1.807, 2.05) is 42.7 Å². The van der Waals surface area contributed by atoms with Gasteiger partial charge in [-0.15, -0.1) is 0 Å². The SMILES string of the molecule is CCOCCCn1c(NC(=O)CCC(C)N)nc2ccccc21. The van der Waals surface area contributed by atoms with E-state index in [1.165, 1.54) is 0 Å². The molecule has 0 aliphatic rings. The zero-order chi connectivity index (χ0) is 16.7. The molecule has 1 aromatic heterocycles. The number of para-hydroxylation sites is 2. The van der Waals surface area contributed by atoms with Gasteiger partial charge < -0.3 is 15.0 Å². The van der Waals surface area contributed by atoms with E-state index in [2.05, 4.69) is 10.3 Å². The summed E-state index contributed by atoms with van der Waals surface area (Å²) < 4.78 is 7.43. The monoisotopic (exact) mass is 318 g/mol. The molecule has 1 aromatic carbocycles. The second-order valence-corrected chi connectivity index (χ2v) is 5.69. The number of carbonyl (C=O) groups excluding carboxylic acids is 1. The van der Waals surface area contributed by atoms with Crippen LogP contribution in [-0.4, -0.2) is 34.7 Å². The summed E-state index contributed by atoms with van der Waals surface area (Å²) in [7, 11) is 0. The molecule has 1 unspecified atom stereocenters. The summed E-state index contributed by atoms with van der Waals surface area (Å²) in [6.07, 6.45) is 1.94. The Morgan fingerprint density at radius 2 is 2.22 bits per heavy atom. The maximum atomic E-state index is 12.1. The fourth-order valence-electron chi connectivity index (χ4n) is 2.41. The molecule has 2 rings (SSSR count). The summed E-state index contributed by atoms with van der Waals surface area (Å²) in [5, 5.41) is 2.91. The summed E-state index contributed by atoms with van der Waals surface area (Å²) in [5.41, 5.74) is 7.61. The molecule has 0 spiro atoms. The summed E-state index contributed by atoms with van der Waals surface area (Å²) in [5.74, 6) is 0.543. The number of nitrogens with zero attached hydrogens (tertiary/aromatic N) is 2. The van der Waals surface area contributed by atoms with E-state index in [0.717, 1.165) is 24.0 Å². The quantitative estimate of drug-likeness (QED) is 0.696. The molecule has 1 amide bonds. The standard InChI is InChI=1S/C17H26N4O2/c1-3-23-12-6-11-21-15-8-5-4-7-14(15)19-17(21)20-16(22)10-9-13(2)18/h4-5,7-8,13H,3,6,9-12,18H2,1-2H3,(H,19,20,22). The highest BCUT2D eigenvalue weighted by atomic mass is 16.5. The van der Waals surface area contributed by atoms with Crippen LogP contribution in [0.15, 0.2) is 24.3 Å². The number of fused-ring (bicyclic) bond motifs is 1. The number of amides is 1. The molecular formula is C17H26N4O2. The lowest BCUT2D eigenvalue weighted by molar-refractivity contribution is -0.116. The molecule has 0 bridgehead atoms. The third-order valence-electron chi connectivity index (χ3n) is 3.61. The number of carbonyl (C=O) groups is 1. The molecule has 0 fully saturated rings. The van der Waals surface area contributed by atoms with Gasteiger partial charge >= 0.3 is 0 Å². The first-order chi connectivity index (χ1) is 11.1. The van der Waals surface area contributed by atoms with E-state index in [9.17, 15) is 4.79 Å². The van der Waals surface area contributed by atoms with Crippen LogP contribution in [0.4, 0.5) is 5.95 Å². The van der Waals surface area contributed by atoms with E-state index in [4.69, 9.17) is 10.5 Å². The van der Waals surface area contributed by atoms with Gasteiger partial charge in [-0.25, -0.2) is 4.98 Å². The Kier molecular flexibility index (Phi) is 6.55. The van der Waals surface area contributed by atoms with Crippen LogP contribution in [0.1, 0.15) is 33.1 Å². The number of benzene rings is 1. The number of anilines is 1. The van der Waals surface area contributed by atoms with Crippen LogP contribution in [0.3, 0.4) is 0 Å². The highest BCUT2D eigenvalue weighted by Gasteiger charge is 2.13. The molecule has 0 saturated heterocycles. The van der Waals surface area contributed by atoms with Gasteiger partial charge in [-0.2, -0.15) is 0 Å². The molecule has 1 atom stereocenters. The first kappa shape index (κ1) is 17.4. The van der Waals surface area contributed by atoms with Gasteiger partial charge in [0, 0.05) is 32.2 Å². The van der Waals surface area contributed by atoms with E-state index in [1.54, 1.807) is 0 Å². The minimum atomic E-state index is -0.0522. The number of rotatable bonds is 9. The Morgan fingerprint density at radius 3 is 2.96 bits per heavy atom. The summed E-state index contributed by atoms with van der Waals surface area (Å²) in [6, 6.07) is 7.91. The molecule has 0 aliphatic heterocycles. The van der Waals surface area contributed by atoms with Crippen molar-refractivity contribution in [3.8, 4) is 0 Å². The second kappa shape index (κ2) is 8.64. The lowest BCUT2D eigenvalue weighted by Crippen LogP contribution is -2.21. The van der Waals surface area contributed by atoms with E-state index >= 15 is 0 Å². The van der Waals surface area contributed by atoms with E-state index in [0.29, 0.717) is 32.0 Å². The zero-order valence-corrected chi connectivity index (χ0v) is 13.9. The third-order valence-corrected chi connectivity index (χ3v) is 3.61. The van der Waals surface area contributed by atoms with Gasteiger partial charge in [-0.05, 0) is 38.8 Å². The van der Waals surface area contributed by atoms with Crippen LogP contribution in [-0.2, 0) is 16.1 Å². The van der Waals surface area contributed by atoms with Gasteiger partial charge in [0.05, 0.1) is 11.0 Å². The van der Waals surface area contributed by atoms with Crippen molar-refractivity contribution in [2.45, 2.75) is 45.7 Å². The predicted octanol–water partition coefficient (Wildman–Crippen LogP) is 2.53. The first-order valence-electron chi connectivity index (χ1n) is 8.20. The number of aromatic nitrogens is 2. The average molecular weight is 318 g/mol. The largest absolute Gasteiger partial charge is 0.382 e. The smallest absolute Gasteiger partial charge is 0.226 e. The number of ether oxygens (including phenoxy) is 1. The van der Waals surface area contributed by atoms with Crippen molar-refractivity contribution >= 4 is 22.9 Å². The Hall–Kier alpha value is -1.92. The van der Waals surface area contributed by atoms with Crippen LogP contribution >= 0.6 is 0 Å². The molecule has 2 aromatic rings. The van der Waals surface area contributed by atoms with Crippen LogP contribution in [0.5, 0.6) is 0 Å². The molecule has 0 saturated carbocycles. The number of hydrogen-bond donors (Lipinski definition) is 2. The molecule has 3 N–H and O–H groups in total. The Balaban J connectivity index is 2.11.